The molecule has 30 heavy (non-hydrogen) atoms. The van der Waals surface area contributed by atoms with Crippen molar-refractivity contribution in [2.45, 2.75) is 38.5 Å². The number of aromatic nitrogens is 5. The number of fused-ring (bicyclic) bond motifs is 4. The summed E-state index contributed by atoms with van der Waals surface area (Å²) in [6.45, 7) is 5.19. The second kappa shape index (κ2) is 7.85. The number of aromatic amines is 1. The van der Waals surface area contributed by atoms with Crippen molar-refractivity contribution in [1.29, 1.82) is 0 Å². The zero-order chi connectivity index (χ0) is 20.7. The Morgan fingerprint density at radius 1 is 1.20 bits per heavy atom. The molecule has 8 heteroatoms. The molecule has 8 nitrogen and oxygen atoms in total. The lowest BCUT2D eigenvalue weighted by atomic mass is 9.83. The first-order valence-corrected chi connectivity index (χ1v) is 10.6. The first kappa shape index (κ1) is 19.3. The van der Waals surface area contributed by atoms with Gasteiger partial charge >= 0.3 is 0 Å². The van der Waals surface area contributed by atoms with Gasteiger partial charge in [-0.2, -0.15) is 10.2 Å². The Morgan fingerprint density at radius 3 is 2.87 bits per heavy atom. The molecular weight excluding hydrogens is 378 g/mol. The molecule has 0 saturated carbocycles. The molecule has 0 aromatic carbocycles. The molecule has 3 aromatic heterocycles. The molecule has 2 bridgehead atoms. The fourth-order valence-corrected chi connectivity index (χ4v) is 5.16. The van der Waals surface area contributed by atoms with E-state index in [-0.39, 0.29) is 5.56 Å². The van der Waals surface area contributed by atoms with Crippen LogP contribution >= 0.6 is 0 Å². The molecule has 2 aliphatic rings. The highest BCUT2D eigenvalue weighted by Gasteiger charge is 2.35. The molecule has 0 amide bonds. The van der Waals surface area contributed by atoms with E-state index in [9.17, 15) is 4.79 Å². The highest BCUT2D eigenvalue weighted by atomic mass is 16.1. The quantitative estimate of drug-likeness (QED) is 0.671. The number of H-pyrrole nitrogens is 1. The number of aryl methyl sites for hydroxylation is 1. The Morgan fingerprint density at radius 2 is 2.10 bits per heavy atom. The number of pyridine rings is 1. The minimum atomic E-state index is 0.180. The molecule has 0 unspecified atom stereocenters. The van der Waals surface area contributed by atoms with Crippen LogP contribution in [0.2, 0.25) is 0 Å². The summed E-state index contributed by atoms with van der Waals surface area (Å²) < 4.78 is 3.92. The summed E-state index contributed by atoms with van der Waals surface area (Å²) in [5.74, 6) is 0.960. The van der Waals surface area contributed by atoms with Crippen molar-refractivity contribution in [1.82, 2.24) is 34.3 Å². The first-order valence-electron chi connectivity index (χ1n) is 10.6. The number of piperidine rings is 1. The SMILES string of the molecule is CN(Cc1ccn[nH]1)Cc1ccc2n(c1=O)C[C@H]1C[C@@H]2CN(Cc2cnn(C)c2)C1. The Kier molecular flexibility index (Phi) is 5.04. The Labute approximate surface area is 176 Å². The van der Waals surface area contributed by atoms with E-state index >= 15 is 0 Å². The molecular formula is C22H29N7O. The van der Waals surface area contributed by atoms with E-state index in [2.05, 4.69) is 41.9 Å². The standard InChI is InChI=1S/C22H29N7O/c1-26(15-20-5-6-23-25-20)13-18-3-4-21-19-7-16(12-29(21)22(18)30)10-28(14-19)11-17-8-24-27(2)9-17/h3-6,8-9,16,19H,7,10-15H2,1-2H3,(H,23,25)/t16-,19+/m0/s1. The van der Waals surface area contributed by atoms with Gasteiger partial charge in [0.1, 0.15) is 0 Å². The summed E-state index contributed by atoms with van der Waals surface area (Å²) in [4.78, 5) is 17.9. The van der Waals surface area contributed by atoms with Gasteiger partial charge in [-0.15, -0.1) is 0 Å². The van der Waals surface area contributed by atoms with Crippen LogP contribution in [0.15, 0.2) is 41.6 Å². The van der Waals surface area contributed by atoms with Crippen LogP contribution in [0.25, 0.3) is 0 Å². The van der Waals surface area contributed by atoms with E-state index in [1.165, 1.54) is 17.7 Å². The largest absolute Gasteiger partial charge is 0.312 e. The number of likely N-dealkylation sites (tertiary alicyclic amines) is 1. The predicted octanol–water partition coefficient (Wildman–Crippen LogP) is 1.56. The maximum absolute atomic E-state index is 13.2. The van der Waals surface area contributed by atoms with Crippen molar-refractivity contribution in [2.75, 3.05) is 20.1 Å². The molecule has 3 aromatic rings. The number of nitrogens with one attached hydrogen (secondary N) is 1. The number of nitrogens with zero attached hydrogens (tertiary/aromatic N) is 6. The molecule has 1 N–H and O–H groups in total. The van der Waals surface area contributed by atoms with Crippen LogP contribution < -0.4 is 5.56 Å². The minimum absolute atomic E-state index is 0.180. The van der Waals surface area contributed by atoms with Gasteiger partial charge in [0.25, 0.3) is 5.56 Å². The molecule has 2 atom stereocenters. The third kappa shape index (κ3) is 3.85. The van der Waals surface area contributed by atoms with Crippen LogP contribution in [0.4, 0.5) is 0 Å². The normalized spacial score (nSPS) is 21.2. The molecule has 1 saturated heterocycles. The third-order valence-electron chi connectivity index (χ3n) is 6.36. The van der Waals surface area contributed by atoms with Gasteiger partial charge in [-0.25, -0.2) is 0 Å². The van der Waals surface area contributed by atoms with Crippen LogP contribution in [-0.4, -0.2) is 54.5 Å². The van der Waals surface area contributed by atoms with E-state index in [0.29, 0.717) is 18.4 Å². The van der Waals surface area contributed by atoms with E-state index in [4.69, 9.17) is 0 Å². The fourth-order valence-electron chi connectivity index (χ4n) is 5.16. The zero-order valence-corrected chi connectivity index (χ0v) is 17.7. The van der Waals surface area contributed by atoms with E-state index in [1.807, 2.05) is 37.1 Å². The fraction of sp³-hybridized carbons (Fsp3) is 0.500. The minimum Gasteiger partial charge on any atom is -0.312 e. The third-order valence-corrected chi connectivity index (χ3v) is 6.36. The van der Waals surface area contributed by atoms with Crippen LogP contribution in [0.1, 0.15) is 34.9 Å². The lowest BCUT2D eigenvalue weighted by Gasteiger charge is -2.43. The van der Waals surface area contributed by atoms with Crippen LogP contribution in [0, 0.1) is 5.92 Å². The lowest BCUT2D eigenvalue weighted by Crippen LogP contribution is -2.47. The summed E-state index contributed by atoms with van der Waals surface area (Å²) in [6.07, 6.45) is 6.99. The highest BCUT2D eigenvalue weighted by molar-refractivity contribution is 5.22. The second-order valence-electron chi connectivity index (χ2n) is 8.97. The summed E-state index contributed by atoms with van der Waals surface area (Å²) in [7, 11) is 4.00. The summed E-state index contributed by atoms with van der Waals surface area (Å²) in [5, 5.41) is 11.3. The monoisotopic (exact) mass is 407 g/mol. The van der Waals surface area contributed by atoms with E-state index in [1.54, 1.807) is 6.20 Å². The molecule has 5 rings (SSSR count). The van der Waals surface area contributed by atoms with Crippen LogP contribution in [-0.2, 0) is 33.2 Å². The van der Waals surface area contributed by atoms with Gasteiger partial charge in [0.15, 0.2) is 0 Å². The van der Waals surface area contributed by atoms with Crippen molar-refractivity contribution in [3.05, 3.63) is 69.7 Å². The van der Waals surface area contributed by atoms with Crippen LogP contribution in [0.3, 0.4) is 0 Å². The summed E-state index contributed by atoms with van der Waals surface area (Å²) in [6, 6.07) is 6.20. The zero-order valence-electron chi connectivity index (χ0n) is 17.7. The Bertz CT molecular complexity index is 1070. The van der Waals surface area contributed by atoms with Crippen molar-refractivity contribution >= 4 is 0 Å². The van der Waals surface area contributed by atoms with Gasteiger partial charge in [0.2, 0.25) is 0 Å². The topological polar surface area (TPSA) is 75.0 Å². The molecule has 0 radical (unpaired) electrons. The van der Waals surface area contributed by atoms with Crippen molar-refractivity contribution in [3.63, 3.8) is 0 Å². The summed E-state index contributed by atoms with van der Waals surface area (Å²) >= 11 is 0. The predicted molar refractivity (Wildman–Crippen MR) is 114 cm³/mol. The smallest absolute Gasteiger partial charge is 0.255 e. The van der Waals surface area contributed by atoms with Gasteiger partial charge in [-0.1, -0.05) is 6.07 Å². The number of rotatable bonds is 6. The van der Waals surface area contributed by atoms with Crippen molar-refractivity contribution in [2.24, 2.45) is 13.0 Å². The number of hydrogen-bond donors (Lipinski definition) is 1. The Hall–Kier alpha value is -2.71. The van der Waals surface area contributed by atoms with Gasteiger partial charge in [0, 0.05) is 87.1 Å². The number of hydrogen-bond acceptors (Lipinski definition) is 5. The average Bonchev–Trinajstić information content (AvgIpc) is 3.36. The second-order valence-corrected chi connectivity index (χ2v) is 8.97. The molecule has 5 heterocycles. The maximum atomic E-state index is 13.2. The summed E-state index contributed by atoms with van der Waals surface area (Å²) in [5.41, 5.74) is 4.56. The van der Waals surface area contributed by atoms with E-state index < -0.39 is 0 Å². The highest BCUT2D eigenvalue weighted by Crippen LogP contribution is 2.35. The van der Waals surface area contributed by atoms with Gasteiger partial charge < -0.3 is 4.57 Å². The van der Waals surface area contributed by atoms with E-state index in [0.717, 1.165) is 44.0 Å². The van der Waals surface area contributed by atoms with Gasteiger partial charge in [-0.3, -0.25) is 24.4 Å². The average molecular weight is 408 g/mol. The van der Waals surface area contributed by atoms with Gasteiger partial charge in [0.05, 0.1) is 6.20 Å². The molecule has 0 aliphatic carbocycles. The van der Waals surface area contributed by atoms with Crippen molar-refractivity contribution in [3.8, 4) is 0 Å². The Balaban J connectivity index is 1.31. The first-order chi connectivity index (χ1) is 14.5. The molecule has 1 fully saturated rings. The van der Waals surface area contributed by atoms with Gasteiger partial charge in [-0.05, 0) is 31.5 Å². The molecule has 0 spiro atoms. The molecule has 158 valence electrons. The maximum Gasteiger partial charge on any atom is 0.255 e. The lowest BCUT2D eigenvalue weighted by molar-refractivity contribution is 0.114. The van der Waals surface area contributed by atoms with Crippen LogP contribution in [0.5, 0.6) is 0 Å². The molecule has 2 aliphatic heterocycles. The van der Waals surface area contributed by atoms with Crippen molar-refractivity contribution < 1.29 is 0 Å².